The summed E-state index contributed by atoms with van der Waals surface area (Å²) in [7, 11) is 2.08. The van der Waals surface area contributed by atoms with Gasteiger partial charge in [-0.1, -0.05) is 58.0 Å². The van der Waals surface area contributed by atoms with E-state index in [4.69, 9.17) is 18.9 Å². The second kappa shape index (κ2) is 24.3. The molecule has 16 heteroatoms. The van der Waals surface area contributed by atoms with E-state index in [0.717, 1.165) is 81.3 Å². The number of amides is 2. The number of nitrogens with one attached hydrogen (secondary N) is 1. The van der Waals surface area contributed by atoms with Crippen molar-refractivity contribution < 1.29 is 57.9 Å². The number of nitrogens with zero attached hydrogens (tertiary/aromatic N) is 2. The number of rotatable bonds is 17. The van der Waals surface area contributed by atoms with Crippen LogP contribution in [0, 0.1) is 58.2 Å². The summed E-state index contributed by atoms with van der Waals surface area (Å²) >= 11 is 1.26. The van der Waals surface area contributed by atoms with Crippen LogP contribution in [0.3, 0.4) is 0 Å². The SMILES string of the molecule is CC1CCC(C(=O)N(c2cc(-c3ccccc3)sc2C(=O)OCOC(=O)CCC(=O)O[C@@H]2CC[C@@]3(C)C(C2)C[C@@H](O)C2C3C[C@H](O)[C@@]3(C)C2CCC3[C@H](C)CCC(=O)NCC(=O)OC(C)(C)C)C2CCN(C)CC2)CC1. The smallest absolute Gasteiger partial charge is 0.353 e. The molecule has 5 aliphatic carbocycles. The summed E-state index contributed by atoms with van der Waals surface area (Å²) < 4.78 is 22.3. The van der Waals surface area contributed by atoms with Crippen LogP contribution in [-0.2, 0) is 42.9 Å². The van der Waals surface area contributed by atoms with Gasteiger partial charge in [-0.25, -0.2) is 4.79 Å². The number of carbonyl (C=O) groups is 6. The molecule has 2 heterocycles. The van der Waals surface area contributed by atoms with Crippen molar-refractivity contribution in [1.82, 2.24) is 10.2 Å². The zero-order chi connectivity index (χ0) is 54.7. The number of hydrogen-bond acceptors (Lipinski definition) is 14. The maximum atomic E-state index is 14.6. The van der Waals surface area contributed by atoms with Crippen LogP contribution in [0.5, 0.6) is 0 Å². The fraction of sp³-hybridized carbons (Fsp3) is 0.733. The van der Waals surface area contributed by atoms with Gasteiger partial charge in [0, 0.05) is 23.3 Å². The number of aliphatic hydroxyl groups is 2. The van der Waals surface area contributed by atoms with Gasteiger partial charge in [0.05, 0.1) is 30.7 Å². The van der Waals surface area contributed by atoms with Gasteiger partial charge in [0.15, 0.2) is 0 Å². The van der Waals surface area contributed by atoms with E-state index in [1.165, 1.54) is 11.3 Å². The lowest BCUT2D eigenvalue weighted by Gasteiger charge is -2.63. The zero-order valence-electron chi connectivity index (χ0n) is 46.5. The highest BCUT2D eigenvalue weighted by atomic mass is 32.1. The Balaban J connectivity index is 0.820. The molecule has 420 valence electrons. The predicted molar refractivity (Wildman–Crippen MR) is 290 cm³/mol. The Labute approximate surface area is 454 Å². The van der Waals surface area contributed by atoms with E-state index in [0.29, 0.717) is 43.7 Å². The van der Waals surface area contributed by atoms with Crippen LogP contribution in [0.4, 0.5) is 5.69 Å². The van der Waals surface area contributed by atoms with Crippen LogP contribution < -0.4 is 10.2 Å². The molecule has 0 bridgehead atoms. The molecule has 1 aliphatic heterocycles. The quantitative estimate of drug-likeness (QED) is 0.0770. The summed E-state index contributed by atoms with van der Waals surface area (Å²) in [6.45, 7) is 15.1. The van der Waals surface area contributed by atoms with Crippen molar-refractivity contribution in [2.75, 3.05) is 38.4 Å². The third-order valence-electron chi connectivity index (χ3n) is 19.3. The second-order valence-electron chi connectivity index (χ2n) is 25.3. The largest absolute Gasteiger partial charge is 0.462 e. The van der Waals surface area contributed by atoms with Crippen LogP contribution in [0.2, 0.25) is 0 Å². The van der Waals surface area contributed by atoms with Crippen molar-refractivity contribution in [1.29, 1.82) is 0 Å². The number of thiophene rings is 1. The Morgan fingerprint density at radius 3 is 2.24 bits per heavy atom. The monoisotopic (exact) mass is 1070 g/mol. The van der Waals surface area contributed by atoms with Crippen LogP contribution in [-0.4, -0.2) is 114 Å². The molecule has 1 aromatic heterocycles. The first-order chi connectivity index (χ1) is 36.0. The van der Waals surface area contributed by atoms with Crippen molar-refractivity contribution in [3.63, 3.8) is 0 Å². The van der Waals surface area contributed by atoms with Gasteiger partial charge in [0.2, 0.25) is 18.6 Å². The van der Waals surface area contributed by atoms with Gasteiger partial charge >= 0.3 is 23.9 Å². The molecular formula is C60H87N3O12S. The summed E-state index contributed by atoms with van der Waals surface area (Å²) in [5.74, 6) is -1.40. The summed E-state index contributed by atoms with van der Waals surface area (Å²) in [4.78, 5) is 85.1. The molecule has 2 aromatic rings. The lowest BCUT2D eigenvalue weighted by Crippen LogP contribution is -2.62. The number of piperidine rings is 1. The van der Waals surface area contributed by atoms with E-state index in [9.17, 15) is 39.0 Å². The number of benzene rings is 1. The van der Waals surface area contributed by atoms with Gasteiger partial charge in [0.1, 0.15) is 23.1 Å². The van der Waals surface area contributed by atoms with Crippen molar-refractivity contribution in [2.45, 2.75) is 188 Å². The van der Waals surface area contributed by atoms with Gasteiger partial charge < -0.3 is 44.3 Å². The highest BCUT2D eigenvalue weighted by Gasteiger charge is 2.66. The van der Waals surface area contributed by atoms with Gasteiger partial charge in [-0.2, -0.15) is 0 Å². The number of esters is 4. The topological polar surface area (TPSA) is 198 Å². The maximum absolute atomic E-state index is 14.6. The van der Waals surface area contributed by atoms with Gasteiger partial charge in [-0.15, -0.1) is 11.3 Å². The summed E-state index contributed by atoms with van der Waals surface area (Å²) in [6.07, 6.45) is 9.13. The van der Waals surface area contributed by atoms with Crippen LogP contribution >= 0.6 is 11.3 Å². The second-order valence-corrected chi connectivity index (χ2v) is 26.4. The fourth-order valence-electron chi connectivity index (χ4n) is 15.1. The maximum Gasteiger partial charge on any atom is 0.353 e. The highest BCUT2D eigenvalue weighted by molar-refractivity contribution is 7.18. The van der Waals surface area contributed by atoms with E-state index in [1.807, 2.05) is 41.3 Å². The molecule has 76 heavy (non-hydrogen) atoms. The van der Waals surface area contributed by atoms with Crippen LogP contribution in [0.25, 0.3) is 10.4 Å². The van der Waals surface area contributed by atoms with Crippen LogP contribution in [0.1, 0.15) is 167 Å². The molecule has 8 rings (SSSR count). The minimum absolute atomic E-state index is 0.0331. The van der Waals surface area contributed by atoms with Crippen LogP contribution in [0.15, 0.2) is 36.4 Å². The molecule has 11 atom stereocenters. The normalized spacial score (nSPS) is 32.1. The number of hydrogen-bond donors (Lipinski definition) is 3. The first-order valence-electron chi connectivity index (χ1n) is 28.6. The van der Waals surface area contributed by atoms with Gasteiger partial charge in [-0.3, -0.25) is 24.0 Å². The van der Waals surface area contributed by atoms with Crippen molar-refractivity contribution in [2.24, 2.45) is 58.2 Å². The first-order valence-corrected chi connectivity index (χ1v) is 29.4. The van der Waals surface area contributed by atoms with Crippen molar-refractivity contribution in [3.05, 3.63) is 41.3 Å². The Morgan fingerprint density at radius 1 is 0.842 bits per heavy atom. The molecule has 1 aromatic carbocycles. The lowest BCUT2D eigenvalue weighted by atomic mass is 9.43. The summed E-state index contributed by atoms with van der Waals surface area (Å²) in [5, 5.41) is 26.9. The third-order valence-corrected chi connectivity index (χ3v) is 20.4. The highest BCUT2D eigenvalue weighted by Crippen LogP contribution is 2.68. The number of aliphatic hydroxyl groups excluding tert-OH is 2. The average Bonchev–Trinajstić information content (AvgIpc) is 4.06. The Hall–Kier alpha value is -4.38. The van der Waals surface area contributed by atoms with E-state index in [2.05, 4.69) is 45.0 Å². The van der Waals surface area contributed by atoms with Gasteiger partial charge in [0.25, 0.3) is 0 Å². The molecule has 2 amide bonds. The number of ether oxygens (including phenoxy) is 4. The summed E-state index contributed by atoms with van der Waals surface area (Å²) in [5.41, 5.74) is 0.259. The predicted octanol–water partition coefficient (Wildman–Crippen LogP) is 9.49. The molecule has 6 aliphatic rings. The standard InChI is InChI=1S/C60H87N3O12S/c1-36-14-17-39(18-15-36)56(70)63(41-25-28-62(8)29-26-41)46-33-48(38-12-10-9-11-13-38)76-55(46)57(71)73-35-72-51(67)22-23-52(68)74-42-24-27-59(6)40(30-42)31-47(64)54-44-20-19-43(60(44,7)49(65)32-45(54)59)37(2)16-21-50(66)61-34-53(69)75-58(3,4)5/h9-13,33,36-37,39-45,47,49,54,64-65H,14-32,34-35H2,1-8H3,(H,61,66)/t36?,37-,39?,40?,42-,43?,44?,45?,47-,49+,54?,59+,60-/m1/s1. The Morgan fingerprint density at radius 2 is 1.54 bits per heavy atom. The minimum Gasteiger partial charge on any atom is -0.462 e. The molecule has 0 radical (unpaired) electrons. The Bertz CT molecular complexity index is 2370. The van der Waals surface area contributed by atoms with E-state index in [1.54, 1.807) is 20.8 Å². The van der Waals surface area contributed by atoms with Gasteiger partial charge in [-0.05, 0) is 195 Å². The van der Waals surface area contributed by atoms with E-state index >= 15 is 0 Å². The molecule has 5 unspecified atom stereocenters. The zero-order valence-corrected chi connectivity index (χ0v) is 47.3. The van der Waals surface area contributed by atoms with E-state index in [-0.39, 0.29) is 101 Å². The molecule has 5 saturated carbocycles. The van der Waals surface area contributed by atoms with Crippen molar-refractivity contribution in [3.8, 4) is 10.4 Å². The average molecular weight is 1070 g/mol. The fourth-order valence-corrected chi connectivity index (χ4v) is 16.1. The molecule has 3 N–H and O–H groups in total. The number of fused-ring (bicyclic) bond motifs is 5. The number of carbonyl (C=O) groups excluding carboxylic acids is 6. The molecule has 6 fully saturated rings. The number of anilines is 1. The Kier molecular flexibility index (Phi) is 18.5. The lowest BCUT2D eigenvalue weighted by molar-refractivity contribution is -0.209. The van der Waals surface area contributed by atoms with Crippen molar-refractivity contribution >= 4 is 52.7 Å². The number of likely N-dealkylation sites (tertiary alicyclic amines) is 1. The molecule has 1 saturated heterocycles. The molecule has 15 nitrogen and oxygen atoms in total. The minimum atomic E-state index is -0.708. The molecule has 0 spiro atoms. The molecular weight excluding hydrogens is 987 g/mol. The summed E-state index contributed by atoms with van der Waals surface area (Å²) in [6, 6.07) is 11.6. The third kappa shape index (κ3) is 13.0. The van der Waals surface area contributed by atoms with E-state index < -0.39 is 53.9 Å². The first kappa shape index (κ1) is 57.8.